The van der Waals surface area contributed by atoms with Gasteiger partial charge in [-0.25, -0.2) is 8.78 Å². The molecule has 2 fully saturated rings. The fourth-order valence-electron chi connectivity index (χ4n) is 4.62. The minimum absolute atomic E-state index is 0.0514. The van der Waals surface area contributed by atoms with E-state index >= 15 is 0 Å². The molecular formula is C23H31F2NO. The molecule has 2 aliphatic rings. The highest BCUT2D eigenvalue weighted by Gasteiger charge is 2.47. The summed E-state index contributed by atoms with van der Waals surface area (Å²) >= 11 is 0. The van der Waals surface area contributed by atoms with E-state index in [0.29, 0.717) is 12.0 Å². The Hall–Kier alpha value is -1.68. The maximum Gasteiger partial charge on any atom is 0.251 e. The third-order valence-electron chi connectivity index (χ3n) is 6.88. The van der Waals surface area contributed by atoms with Gasteiger partial charge in [-0.15, -0.1) is 6.58 Å². The van der Waals surface area contributed by atoms with Crippen LogP contribution in [0.15, 0.2) is 49.2 Å². The van der Waals surface area contributed by atoms with E-state index in [9.17, 15) is 13.9 Å². The molecule has 1 spiro atoms. The lowest BCUT2D eigenvalue weighted by Crippen LogP contribution is -2.39. The first-order valence-electron chi connectivity index (χ1n) is 9.88. The van der Waals surface area contributed by atoms with Crippen molar-refractivity contribution in [1.82, 2.24) is 0 Å². The highest BCUT2D eigenvalue weighted by Crippen LogP contribution is 2.53. The maximum atomic E-state index is 13.6. The quantitative estimate of drug-likeness (QED) is 0.635. The molecule has 4 heteroatoms. The van der Waals surface area contributed by atoms with E-state index in [-0.39, 0.29) is 5.41 Å². The molecule has 1 heterocycles. The first-order valence-corrected chi connectivity index (χ1v) is 9.88. The van der Waals surface area contributed by atoms with Crippen molar-refractivity contribution in [1.29, 1.82) is 0 Å². The number of alkyl halides is 2. The first-order chi connectivity index (χ1) is 12.6. The number of allylic oxidation sites excluding steroid dienone is 1. The number of benzene rings is 1. The number of aliphatic hydroxyl groups is 1. The van der Waals surface area contributed by atoms with Crippen molar-refractivity contribution < 1.29 is 13.9 Å². The fraction of sp³-hybridized carbons (Fsp3) is 0.565. The van der Waals surface area contributed by atoms with Gasteiger partial charge in [0, 0.05) is 29.3 Å². The predicted octanol–water partition coefficient (Wildman–Crippen LogP) is 6.04. The van der Waals surface area contributed by atoms with Crippen LogP contribution in [0.1, 0.15) is 63.9 Å². The van der Waals surface area contributed by atoms with Gasteiger partial charge in [0.05, 0.1) is 5.60 Å². The molecule has 1 aromatic rings. The molecule has 1 unspecified atom stereocenters. The van der Waals surface area contributed by atoms with Gasteiger partial charge < -0.3 is 10.0 Å². The van der Waals surface area contributed by atoms with Crippen LogP contribution < -0.4 is 4.90 Å². The van der Waals surface area contributed by atoms with Crippen LogP contribution in [0, 0.1) is 5.41 Å². The van der Waals surface area contributed by atoms with Gasteiger partial charge in [-0.05, 0) is 63.1 Å². The van der Waals surface area contributed by atoms with Gasteiger partial charge in [-0.2, -0.15) is 0 Å². The molecular weight excluding hydrogens is 344 g/mol. The van der Waals surface area contributed by atoms with Gasteiger partial charge in [0.2, 0.25) is 0 Å². The molecule has 1 aliphatic carbocycles. The molecule has 1 atom stereocenters. The summed E-state index contributed by atoms with van der Waals surface area (Å²) in [6, 6.07) is 7.47. The summed E-state index contributed by atoms with van der Waals surface area (Å²) < 4.78 is 27.1. The summed E-state index contributed by atoms with van der Waals surface area (Å²) in [5, 5.41) is 10.7. The number of hydrogen-bond acceptors (Lipinski definition) is 2. The fourth-order valence-corrected chi connectivity index (χ4v) is 4.62. The third kappa shape index (κ3) is 3.82. The second-order valence-electron chi connectivity index (χ2n) is 8.62. The van der Waals surface area contributed by atoms with Crippen molar-refractivity contribution in [3.05, 3.63) is 54.8 Å². The molecule has 148 valence electrons. The van der Waals surface area contributed by atoms with Crippen molar-refractivity contribution in [2.45, 2.75) is 69.8 Å². The number of hydrogen-bond donors (Lipinski definition) is 1. The van der Waals surface area contributed by atoms with Crippen LogP contribution in [0.4, 0.5) is 14.5 Å². The van der Waals surface area contributed by atoms with Crippen LogP contribution in [0.5, 0.6) is 0 Å². The van der Waals surface area contributed by atoms with E-state index in [1.807, 2.05) is 12.1 Å². The average molecular weight is 376 g/mol. The molecule has 1 aromatic carbocycles. The monoisotopic (exact) mass is 375 g/mol. The van der Waals surface area contributed by atoms with Gasteiger partial charge in [-0.1, -0.05) is 31.7 Å². The average Bonchev–Trinajstić information content (AvgIpc) is 2.94. The van der Waals surface area contributed by atoms with E-state index in [2.05, 4.69) is 18.1 Å². The van der Waals surface area contributed by atoms with E-state index in [1.54, 1.807) is 25.1 Å². The number of nitrogens with zero attached hydrogens (tertiary/aromatic N) is 1. The second-order valence-corrected chi connectivity index (χ2v) is 8.62. The Morgan fingerprint density at radius 3 is 2.30 bits per heavy atom. The summed E-state index contributed by atoms with van der Waals surface area (Å²) in [5.41, 5.74) is 2.20. The zero-order valence-electron chi connectivity index (χ0n) is 16.5. The van der Waals surface area contributed by atoms with Crippen LogP contribution in [0.3, 0.4) is 0 Å². The first kappa shape index (κ1) is 20.1. The Morgan fingerprint density at radius 2 is 1.78 bits per heavy atom. The lowest BCUT2D eigenvalue weighted by atomic mass is 9.66. The van der Waals surface area contributed by atoms with Crippen molar-refractivity contribution >= 4 is 5.69 Å². The standard InChI is InChI=1S/C23H31F2NO/c1-5-10-23(27)13-11-22(12-14-23)15-16-26(18(22)3)20-8-6-19(7-9-20)17(2)21(4,24)25/h5-9,17,27H,1,3,10-16H2,2,4H3/t17?,22-,23+. The van der Waals surface area contributed by atoms with Crippen molar-refractivity contribution in [2.24, 2.45) is 5.41 Å². The molecule has 3 rings (SSSR count). The summed E-state index contributed by atoms with van der Waals surface area (Å²) in [6.07, 6.45) is 6.88. The van der Waals surface area contributed by atoms with Crippen molar-refractivity contribution in [3.8, 4) is 0 Å². The highest BCUT2D eigenvalue weighted by molar-refractivity contribution is 5.56. The molecule has 0 radical (unpaired) electrons. The number of rotatable bonds is 5. The Balaban J connectivity index is 1.71. The van der Waals surface area contributed by atoms with Crippen molar-refractivity contribution in [2.75, 3.05) is 11.4 Å². The highest BCUT2D eigenvalue weighted by atomic mass is 19.3. The van der Waals surface area contributed by atoms with Crippen LogP contribution in [0.25, 0.3) is 0 Å². The van der Waals surface area contributed by atoms with E-state index in [0.717, 1.165) is 57.0 Å². The summed E-state index contributed by atoms with van der Waals surface area (Å²) in [4.78, 5) is 2.22. The molecule has 1 saturated heterocycles. The Morgan fingerprint density at radius 1 is 1.19 bits per heavy atom. The maximum absolute atomic E-state index is 13.6. The topological polar surface area (TPSA) is 23.5 Å². The Labute approximate surface area is 161 Å². The van der Waals surface area contributed by atoms with Crippen molar-refractivity contribution in [3.63, 3.8) is 0 Å². The molecule has 2 nitrogen and oxygen atoms in total. The van der Waals surface area contributed by atoms with Crippen LogP contribution >= 0.6 is 0 Å². The lowest BCUT2D eigenvalue weighted by Gasteiger charge is -2.42. The predicted molar refractivity (Wildman–Crippen MR) is 107 cm³/mol. The Kier molecular flexibility index (Phi) is 5.24. The van der Waals surface area contributed by atoms with Crippen LogP contribution in [-0.4, -0.2) is 23.2 Å². The zero-order valence-corrected chi connectivity index (χ0v) is 16.5. The molecule has 1 saturated carbocycles. The summed E-state index contributed by atoms with van der Waals surface area (Å²) in [7, 11) is 0. The van der Waals surface area contributed by atoms with Gasteiger partial charge in [-0.3, -0.25) is 0 Å². The minimum atomic E-state index is -2.73. The van der Waals surface area contributed by atoms with Gasteiger partial charge in [0.25, 0.3) is 5.92 Å². The normalized spacial score (nSPS) is 30.0. The zero-order chi connectivity index (χ0) is 19.9. The molecule has 27 heavy (non-hydrogen) atoms. The van der Waals surface area contributed by atoms with Crippen LogP contribution in [0.2, 0.25) is 0 Å². The second kappa shape index (κ2) is 7.05. The SMILES string of the molecule is C=CC[C@]1(O)CC[C@]2(CCN(c3ccc(C(C)C(C)(F)F)cc3)C2=C)CC1. The third-order valence-corrected chi connectivity index (χ3v) is 6.88. The van der Waals surface area contributed by atoms with Crippen LogP contribution in [-0.2, 0) is 0 Å². The van der Waals surface area contributed by atoms with Gasteiger partial charge >= 0.3 is 0 Å². The van der Waals surface area contributed by atoms with Gasteiger partial charge in [0.15, 0.2) is 0 Å². The Bertz CT molecular complexity index is 696. The van der Waals surface area contributed by atoms with E-state index in [4.69, 9.17) is 0 Å². The van der Waals surface area contributed by atoms with E-state index < -0.39 is 17.4 Å². The minimum Gasteiger partial charge on any atom is -0.390 e. The smallest absolute Gasteiger partial charge is 0.251 e. The lowest BCUT2D eigenvalue weighted by molar-refractivity contribution is -0.0212. The molecule has 0 amide bonds. The molecule has 0 bridgehead atoms. The van der Waals surface area contributed by atoms with E-state index in [1.165, 1.54) is 0 Å². The molecule has 0 aromatic heterocycles. The molecule has 1 N–H and O–H groups in total. The number of halogens is 2. The summed E-state index contributed by atoms with van der Waals surface area (Å²) in [6.45, 7) is 11.6. The number of anilines is 1. The molecule has 1 aliphatic heterocycles. The van der Waals surface area contributed by atoms with Gasteiger partial charge in [0.1, 0.15) is 0 Å². The largest absolute Gasteiger partial charge is 0.390 e. The summed E-state index contributed by atoms with van der Waals surface area (Å²) in [5.74, 6) is -3.53.